The summed E-state index contributed by atoms with van der Waals surface area (Å²) in [5.74, 6) is 0.357. The molecule has 2 aromatic carbocycles. The van der Waals surface area contributed by atoms with E-state index in [1.807, 2.05) is 42.2 Å². The topological polar surface area (TPSA) is 77.0 Å². The Morgan fingerprint density at radius 1 is 1.18 bits per heavy atom. The maximum Gasteiger partial charge on any atom is 0.276 e. The molecule has 3 aromatic rings. The molecule has 2 N–H and O–H groups in total. The predicted molar refractivity (Wildman–Crippen MR) is 109 cm³/mol. The number of amides is 1. The van der Waals surface area contributed by atoms with Crippen LogP contribution < -0.4 is 5.73 Å². The molecular weight excluding hydrogens is 374 g/mol. The Kier molecular flexibility index (Phi) is 5.15. The summed E-state index contributed by atoms with van der Waals surface area (Å²) in [6, 6.07) is 17.6. The van der Waals surface area contributed by atoms with Gasteiger partial charge in [-0.15, -0.1) is 5.10 Å². The molecule has 28 heavy (non-hydrogen) atoms. The van der Waals surface area contributed by atoms with Gasteiger partial charge in [0.1, 0.15) is 0 Å². The van der Waals surface area contributed by atoms with Crippen molar-refractivity contribution in [2.75, 3.05) is 19.6 Å². The summed E-state index contributed by atoms with van der Waals surface area (Å²) >= 11 is 6.08. The number of carbonyl (C=O) groups excluding carboxylic acids is 1. The minimum atomic E-state index is -0.109. The van der Waals surface area contributed by atoms with Gasteiger partial charge in [-0.05, 0) is 43.1 Å². The smallest absolute Gasteiger partial charge is 0.276 e. The molecule has 1 aliphatic rings. The first kappa shape index (κ1) is 18.7. The Morgan fingerprint density at radius 2 is 1.96 bits per heavy atom. The van der Waals surface area contributed by atoms with E-state index in [2.05, 4.69) is 22.4 Å². The van der Waals surface area contributed by atoms with Crippen molar-refractivity contribution >= 4 is 17.5 Å². The molecule has 0 saturated carbocycles. The van der Waals surface area contributed by atoms with E-state index in [0.717, 1.165) is 5.69 Å². The summed E-state index contributed by atoms with van der Waals surface area (Å²) in [6.07, 6.45) is 0. The fraction of sp³-hybridized carbons (Fsp3) is 0.286. The average molecular weight is 396 g/mol. The van der Waals surface area contributed by atoms with Crippen molar-refractivity contribution in [3.8, 4) is 5.69 Å². The van der Waals surface area contributed by atoms with Crippen LogP contribution in [0.3, 0.4) is 0 Å². The van der Waals surface area contributed by atoms with Crippen LogP contribution >= 0.6 is 11.6 Å². The van der Waals surface area contributed by atoms with Crippen molar-refractivity contribution in [3.63, 3.8) is 0 Å². The number of hydrogen-bond donors (Lipinski definition) is 1. The van der Waals surface area contributed by atoms with Gasteiger partial charge >= 0.3 is 0 Å². The number of aromatic nitrogens is 3. The van der Waals surface area contributed by atoms with Gasteiger partial charge in [-0.25, -0.2) is 4.68 Å². The third-order valence-corrected chi connectivity index (χ3v) is 5.64. The normalized spacial score (nSPS) is 19.2. The van der Waals surface area contributed by atoms with Gasteiger partial charge in [-0.1, -0.05) is 53.2 Å². The van der Waals surface area contributed by atoms with Crippen LogP contribution in [0, 0.1) is 12.8 Å². The zero-order valence-corrected chi connectivity index (χ0v) is 16.4. The molecule has 0 spiro atoms. The van der Waals surface area contributed by atoms with Crippen LogP contribution in [0.2, 0.25) is 5.02 Å². The van der Waals surface area contributed by atoms with E-state index >= 15 is 0 Å². The molecule has 1 amide bonds. The summed E-state index contributed by atoms with van der Waals surface area (Å²) in [5, 5.41) is 8.94. The van der Waals surface area contributed by atoms with Gasteiger partial charge < -0.3 is 10.6 Å². The predicted octanol–water partition coefficient (Wildman–Crippen LogP) is 3.04. The van der Waals surface area contributed by atoms with E-state index in [1.165, 1.54) is 5.56 Å². The molecule has 2 atom stereocenters. The number of nitrogens with zero attached hydrogens (tertiary/aromatic N) is 4. The molecule has 0 bridgehead atoms. The van der Waals surface area contributed by atoms with Crippen LogP contribution in [0.1, 0.15) is 27.7 Å². The quantitative estimate of drug-likeness (QED) is 0.736. The molecule has 1 fully saturated rings. The van der Waals surface area contributed by atoms with Gasteiger partial charge in [0.2, 0.25) is 0 Å². The molecule has 0 radical (unpaired) electrons. The summed E-state index contributed by atoms with van der Waals surface area (Å²) in [6.45, 7) is 3.64. The second-order valence-corrected chi connectivity index (χ2v) is 7.57. The Hall–Kier alpha value is -2.70. The van der Waals surface area contributed by atoms with Crippen LogP contribution in [0.15, 0.2) is 54.6 Å². The molecule has 4 rings (SSSR count). The Labute approximate surface area is 168 Å². The van der Waals surface area contributed by atoms with Crippen LogP contribution in [0.5, 0.6) is 0 Å². The maximum atomic E-state index is 13.2. The SMILES string of the molecule is Cc1c(C(=O)N2C[C@@H](CN)[C@H](c3ccccc3)C2)nnn1-c1cccc(Cl)c1. The first-order chi connectivity index (χ1) is 13.6. The number of hydrogen-bond acceptors (Lipinski definition) is 4. The first-order valence-electron chi connectivity index (χ1n) is 9.31. The third kappa shape index (κ3) is 3.41. The molecule has 0 aliphatic carbocycles. The number of carbonyl (C=O) groups is 1. The molecule has 1 aromatic heterocycles. The van der Waals surface area contributed by atoms with E-state index in [-0.39, 0.29) is 17.7 Å². The van der Waals surface area contributed by atoms with Crippen LogP contribution in [-0.2, 0) is 0 Å². The molecule has 144 valence electrons. The zero-order chi connectivity index (χ0) is 19.7. The Morgan fingerprint density at radius 3 is 2.68 bits per heavy atom. The summed E-state index contributed by atoms with van der Waals surface area (Å²) in [5.41, 5.74) is 9.06. The second kappa shape index (κ2) is 7.73. The highest BCUT2D eigenvalue weighted by Crippen LogP contribution is 2.33. The molecule has 6 nitrogen and oxygen atoms in total. The van der Waals surface area contributed by atoms with Crippen LogP contribution in [0.25, 0.3) is 5.69 Å². The van der Waals surface area contributed by atoms with E-state index in [9.17, 15) is 4.79 Å². The zero-order valence-electron chi connectivity index (χ0n) is 15.6. The summed E-state index contributed by atoms with van der Waals surface area (Å²) in [7, 11) is 0. The van der Waals surface area contributed by atoms with Crippen molar-refractivity contribution in [1.82, 2.24) is 19.9 Å². The third-order valence-electron chi connectivity index (χ3n) is 5.41. The number of rotatable bonds is 4. The van der Waals surface area contributed by atoms with Gasteiger partial charge in [0.25, 0.3) is 5.91 Å². The van der Waals surface area contributed by atoms with Crippen molar-refractivity contribution in [2.24, 2.45) is 11.7 Å². The Balaban J connectivity index is 1.59. The van der Waals surface area contributed by atoms with Gasteiger partial charge in [-0.2, -0.15) is 0 Å². The van der Waals surface area contributed by atoms with Crippen molar-refractivity contribution in [1.29, 1.82) is 0 Å². The number of likely N-dealkylation sites (tertiary alicyclic amines) is 1. The fourth-order valence-electron chi connectivity index (χ4n) is 3.88. The molecule has 1 aliphatic heterocycles. The van der Waals surface area contributed by atoms with E-state index in [4.69, 9.17) is 17.3 Å². The second-order valence-electron chi connectivity index (χ2n) is 7.14. The Bertz CT molecular complexity index is 987. The monoisotopic (exact) mass is 395 g/mol. The van der Waals surface area contributed by atoms with Gasteiger partial charge in [0.05, 0.1) is 11.4 Å². The van der Waals surface area contributed by atoms with E-state index in [1.54, 1.807) is 16.8 Å². The lowest BCUT2D eigenvalue weighted by molar-refractivity contribution is 0.0779. The lowest BCUT2D eigenvalue weighted by Gasteiger charge is -2.16. The van der Waals surface area contributed by atoms with Crippen molar-refractivity contribution < 1.29 is 4.79 Å². The van der Waals surface area contributed by atoms with E-state index < -0.39 is 0 Å². The number of nitrogens with two attached hydrogens (primary N) is 1. The summed E-state index contributed by atoms with van der Waals surface area (Å²) < 4.78 is 1.64. The van der Waals surface area contributed by atoms with Gasteiger partial charge in [0.15, 0.2) is 5.69 Å². The molecule has 7 heteroatoms. The highest BCUT2D eigenvalue weighted by molar-refractivity contribution is 6.30. The summed E-state index contributed by atoms with van der Waals surface area (Å²) in [4.78, 5) is 15.0. The maximum absolute atomic E-state index is 13.2. The van der Waals surface area contributed by atoms with Crippen molar-refractivity contribution in [3.05, 3.63) is 76.6 Å². The number of benzene rings is 2. The molecule has 2 heterocycles. The minimum Gasteiger partial charge on any atom is -0.336 e. The highest BCUT2D eigenvalue weighted by Gasteiger charge is 2.37. The first-order valence-corrected chi connectivity index (χ1v) is 9.69. The molecular formula is C21H22ClN5O. The van der Waals surface area contributed by atoms with Crippen molar-refractivity contribution in [2.45, 2.75) is 12.8 Å². The van der Waals surface area contributed by atoms with Crippen LogP contribution in [-0.4, -0.2) is 45.4 Å². The standard InChI is InChI=1S/C21H22ClN5O/c1-14-20(24-25-27(14)18-9-5-8-17(22)10-18)21(28)26-12-16(11-23)19(13-26)15-6-3-2-4-7-15/h2-10,16,19H,11-13,23H2,1H3/t16-,19+/m1/s1. The van der Waals surface area contributed by atoms with Crippen LogP contribution in [0.4, 0.5) is 0 Å². The lowest BCUT2D eigenvalue weighted by Crippen LogP contribution is -2.30. The lowest BCUT2D eigenvalue weighted by atomic mass is 9.89. The highest BCUT2D eigenvalue weighted by atomic mass is 35.5. The largest absolute Gasteiger partial charge is 0.336 e. The minimum absolute atomic E-state index is 0.109. The average Bonchev–Trinajstić information content (AvgIpc) is 3.32. The molecule has 0 unspecified atom stereocenters. The van der Waals surface area contributed by atoms with Gasteiger partial charge in [0, 0.05) is 24.0 Å². The van der Waals surface area contributed by atoms with Gasteiger partial charge in [-0.3, -0.25) is 4.79 Å². The van der Waals surface area contributed by atoms with E-state index in [0.29, 0.717) is 36.0 Å². The molecule has 1 saturated heterocycles. The fourth-order valence-corrected chi connectivity index (χ4v) is 4.07. The number of halogens is 1.